The molecule has 1 aliphatic heterocycles. The van der Waals surface area contributed by atoms with Crippen LogP contribution in [-0.4, -0.2) is 59.1 Å². The van der Waals surface area contributed by atoms with Crippen LogP contribution in [0, 0.1) is 11.8 Å². The summed E-state index contributed by atoms with van der Waals surface area (Å²) < 4.78 is 0. The maximum absolute atomic E-state index is 12.2. The molecule has 1 aliphatic rings. The van der Waals surface area contributed by atoms with Crippen LogP contribution in [0.15, 0.2) is 35.9 Å². The van der Waals surface area contributed by atoms with E-state index in [4.69, 9.17) is 19.8 Å². The average Bonchev–Trinajstić information content (AvgIpc) is 2.69. The first kappa shape index (κ1) is 25.4. The minimum absolute atomic E-state index is 0.201. The number of carbonyl (C=O) groups is 3. The number of likely N-dealkylation sites (tertiary alicyclic amines) is 1. The molecule has 7 heteroatoms. The van der Waals surface area contributed by atoms with E-state index in [1.54, 1.807) is 0 Å². The second-order valence-electron chi connectivity index (χ2n) is 8.04. The molecule has 2 rings (SSSR count). The maximum atomic E-state index is 12.2. The zero-order chi connectivity index (χ0) is 22.5. The van der Waals surface area contributed by atoms with Crippen molar-refractivity contribution in [1.29, 1.82) is 0 Å². The zero-order valence-corrected chi connectivity index (χ0v) is 18.1. The normalized spacial score (nSPS) is 15.3. The lowest BCUT2D eigenvalue weighted by atomic mass is 9.95. The fraction of sp³-hybridized carbons (Fsp3) is 0.522. The molecule has 0 spiro atoms. The van der Waals surface area contributed by atoms with Crippen LogP contribution >= 0.6 is 0 Å². The van der Waals surface area contributed by atoms with Crippen molar-refractivity contribution in [2.75, 3.05) is 26.2 Å². The van der Waals surface area contributed by atoms with Gasteiger partial charge in [-0.25, -0.2) is 9.59 Å². The van der Waals surface area contributed by atoms with Crippen LogP contribution in [0.5, 0.6) is 0 Å². The summed E-state index contributed by atoms with van der Waals surface area (Å²) in [6, 6.07) is 10.5. The number of aliphatic carboxylic acids is 2. The molecule has 166 valence electrons. The van der Waals surface area contributed by atoms with Gasteiger partial charge < -0.3 is 15.5 Å². The Bertz CT molecular complexity index is 696. The third kappa shape index (κ3) is 10.8. The molecule has 0 unspecified atom stereocenters. The molecule has 1 fully saturated rings. The molecule has 1 saturated heterocycles. The fourth-order valence-electron chi connectivity index (χ4n) is 3.21. The van der Waals surface area contributed by atoms with E-state index >= 15 is 0 Å². The largest absolute Gasteiger partial charge is 0.473 e. The minimum Gasteiger partial charge on any atom is -0.473 e. The van der Waals surface area contributed by atoms with Crippen molar-refractivity contribution in [1.82, 2.24) is 10.2 Å². The number of amides is 1. The Morgan fingerprint density at radius 1 is 1.10 bits per heavy atom. The molecule has 0 atom stereocenters. The topological polar surface area (TPSA) is 107 Å². The third-order valence-electron chi connectivity index (χ3n) is 4.85. The maximum Gasteiger partial charge on any atom is 0.414 e. The highest BCUT2D eigenvalue weighted by Crippen LogP contribution is 2.19. The molecule has 1 amide bonds. The quantitative estimate of drug-likeness (QED) is 0.588. The number of hydrogen-bond donors (Lipinski definition) is 3. The van der Waals surface area contributed by atoms with Gasteiger partial charge in [0, 0.05) is 19.0 Å². The van der Waals surface area contributed by atoms with Gasteiger partial charge in [-0.1, -0.05) is 55.8 Å². The standard InChI is InChI=1S/C21H32N2O.C2H2O4/c1-17(2)9-12-22-21(24)20-10-13-23(14-11-20)16-18(3)15-19-7-5-4-6-8-19;3-1(4)2(5)6/h4-8,15,17,20H,9-14,16H2,1-3H3,(H,22,24);(H,3,4)(H,5,6)/b18-15+;. The average molecular weight is 419 g/mol. The Labute approximate surface area is 178 Å². The summed E-state index contributed by atoms with van der Waals surface area (Å²) in [4.78, 5) is 32.9. The van der Waals surface area contributed by atoms with Gasteiger partial charge in [-0.05, 0) is 50.8 Å². The Balaban J connectivity index is 0.000000656. The number of rotatable bonds is 7. The number of nitrogens with zero attached hydrogens (tertiary/aromatic N) is 1. The van der Waals surface area contributed by atoms with Crippen molar-refractivity contribution in [2.45, 2.75) is 40.0 Å². The van der Waals surface area contributed by atoms with Crippen LogP contribution in [0.1, 0.15) is 45.6 Å². The predicted molar refractivity (Wildman–Crippen MR) is 117 cm³/mol. The lowest BCUT2D eigenvalue weighted by Gasteiger charge is -2.31. The molecule has 1 aromatic rings. The van der Waals surface area contributed by atoms with Crippen LogP contribution in [0.3, 0.4) is 0 Å². The Hall–Kier alpha value is -2.67. The molecule has 0 radical (unpaired) electrons. The van der Waals surface area contributed by atoms with E-state index in [2.05, 4.69) is 61.3 Å². The van der Waals surface area contributed by atoms with Crippen molar-refractivity contribution < 1.29 is 24.6 Å². The highest BCUT2D eigenvalue weighted by atomic mass is 16.4. The number of hydrogen-bond acceptors (Lipinski definition) is 4. The molecule has 0 saturated carbocycles. The Kier molecular flexibility index (Phi) is 11.4. The van der Waals surface area contributed by atoms with E-state index in [-0.39, 0.29) is 11.8 Å². The monoisotopic (exact) mass is 418 g/mol. The molecular weight excluding hydrogens is 384 g/mol. The van der Waals surface area contributed by atoms with Crippen LogP contribution < -0.4 is 5.32 Å². The Morgan fingerprint density at radius 2 is 1.67 bits per heavy atom. The van der Waals surface area contributed by atoms with E-state index < -0.39 is 11.9 Å². The first-order valence-corrected chi connectivity index (χ1v) is 10.4. The van der Waals surface area contributed by atoms with E-state index in [1.807, 2.05) is 6.07 Å². The van der Waals surface area contributed by atoms with Gasteiger partial charge in [-0.2, -0.15) is 0 Å². The van der Waals surface area contributed by atoms with Crippen LogP contribution in [-0.2, 0) is 14.4 Å². The molecular formula is C23H34N2O5. The van der Waals surface area contributed by atoms with Crippen molar-refractivity contribution in [3.63, 3.8) is 0 Å². The lowest BCUT2D eigenvalue weighted by Crippen LogP contribution is -2.41. The lowest BCUT2D eigenvalue weighted by molar-refractivity contribution is -0.159. The SMILES string of the molecule is C/C(=C\c1ccccc1)CN1CCC(C(=O)NCCC(C)C)CC1.O=C(O)C(=O)O. The smallest absolute Gasteiger partial charge is 0.414 e. The van der Waals surface area contributed by atoms with Gasteiger partial charge in [0.2, 0.25) is 5.91 Å². The third-order valence-corrected chi connectivity index (χ3v) is 4.85. The fourth-order valence-corrected chi connectivity index (χ4v) is 3.21. The summed E-state index contributed by atoms with van der Waals surface area (Å²) in [5.74, 6) is -2.55. The Morgan fingerprint density at radius 3 is 2.17 bits per heavy atom. The molecule has 0 bridgehead atoms. The summed E-state index contributed by atoms with van der Waals surface area (Å²) in [6.07, 6.45) is 5.27. The molecule has 0 aliphatic carbocycles. The van der Waals surface area contributed by atoms with Crippen molar-refractivity contribution >= 4 is 23.9 Å². The van der Waals surface area contributed by atoms with Gasteiger partial charge in [0.15, 0.2) is 0 Å². The number of piperidine rings is 1. The molecule has 1 heterocycles. The van der Waals surface area contributed by atoms with Crippen LogP contribution in [0.25, 0.3) is 6.08 Å². The van der Waals surface area contributed by atoms with E-state index in [1.165, 1.54) is 11.1 Å². The number of benzene rings is 1. The molecule has 30 heavy (non-hydrogen) atoms. The molecule has 1 aromatic carbocycles. The van der Waals surface area contributed by atoms with Crippen LogP contribution in [0.4, 0.5) is 0 Å². The molecule has 3 N–H and O–H groups in total. The first-order valence-electron chi connectivity index (χ1n) is 10.4. The van der Waals surface area contributed by atoms with E-state index in [0.717, 1.165) is 45.4 Å². The van der Waals surface area contributed by atoms with Gasteiger partial charge >= 0.3 is 11.9 Å². The van der Waals surface area contributed by atoms with Gasteiger partial charge in [0.1, 0.15) is 0 Å². The summed E-state index contributed by atoms with van der Waals surface area (Å²) in [7, 11) is 0. The van der Waals surface area contributed by atoms with Gasteiger partial charge in [0.05, 0.1) is 0 Å². The summed E-state index contributed by atoms with van der Waals surface area (Å²) in [5, 5.41) is 17.9. The number of carboxylic acid groups (broad SMARTS) is 2. The number of nitrogens with one attached hydrogen (secondary N) is 1. The zero-order valence-electron chi connectivity index (χ0n) is 18.1. The second kappa shape index (κ2) is 13.5. The number of carbonyl (C=O) groups excluding carboxylic acids is 1. The minimum atomic E-state index is -1.82. The molecule has 0 aromatic heterocycles. The van der Waals surface area contributed by atoms with Gasteiger partial charge in [-0.3, -0.25) is 9.69 Å². The predicted octanol–water partition coefficient (Wildman–Crippen LogP) is 3.12. The van der Waals surface area contributed by atoms with Gasteiger partial charge in [-0.15, -0.1) is 0 Å². The summed E-state index contributed by atoms with van der Waals surface area (Å²) in [6.45, 7) is 10.4. The second-order valence-corrected chi connectivity index (χ2v) is 8.04. The summed E-state index contributed by atoms with van der Waals surface area (Å²) in [5.41, 5.74) is 2.63. The van der Waals surface area contributed by atoms with Crippen molar-refractivity contribution in [3.05, 3.63) is 41.5 Å². The first-order chi connectivity index (χ1) is 14.2. The van der Waals surface area contributed by atoms with Crippen molar-refractivity contribution in [3.8, 4) is 0 Å². The van der Waals surface area contributed by atoms with Crippen molar-refractivity contribution in [2.24, 2.45) is 11.8 Å². The highest BCUT2D eigenvalue weighted by molar-refractivity contribution is 6.27. The van der Waals surface area contributed by atoms with Gasteiger partial charge in [0.25, 0.3) is 0 Å². The number of carboxylic acids is 2. The van der Waals surface area contributed by atoms with E-state index in [9.17, 15) is 4.79 Å². The van der Waals surface area contributed by atoms with Crippen LogP contribution in [0.2, 0.25) is 0 Å². The summed E-state index contributed by atoms with van der Waals surface area (Å²) >= 11 is 0. The molecule has 7 nitrogen and oxygen atoms in total. The highest BCUT2D eigenvalue weighted by Gasteiger charge is 2.24. The van der Waals surface area contributed by atoms with E-state index in [0.29, 0.717) is 5.92 Å².